The molecule has 1 aromatic carbocycles. The van der Waals surface area contributed by atoms with Gasteiger partial charge in [-0.25, -0.2) is 0 Å². The number of aliphatic carboxylic acids is 1. The molecule has 1 unspecified atom stereocenters. The molecule has 3 rings (SSSR count). The minimum absolute atomic E-state index is 0.107. The lowest BCUT2D eigenvalue weighted by Gasteiger charge is -2.24. The Bertz CT molecular complexity index is 586. The number of carboxylic acids is 1. The molecule has 2 aliphatic rings. The van der Waals surface area contributed by atoms with Gasteiger partial charge in [0.2, 0.25) is 5.91 Å². The van der Waals surface area contributed by atoms with Crippen LogP contribution < -0.4 is 0 Å². The molecule has 1 amide bonds. The quantitative estimate of drug-likeness (QED) is 0.907. The molecule has 0 radical (unpaired) electrons. The highest BCUT2D eigenvalue weighted by atomic mass is 16.4. The lowest BCUT2D eigenvalue weighted by Crippen LogP contribution is -2.37. The van der Waals surface area contributed by atoms with E-state index in [4.69, 9.17) is 0 Å². The summed E-state index contributed by atoms with van der Waals surface area (Å²) in [5.41, 5.74) is 0.514. The third-order valence-electron chi connectivity index (χ3n) is 5.83. The second kappa shape index (κ2) is 6.34. The van der Waals surface area contributed by atoms with Gasteiger partial charge in [-0.3, -0.25) is 9.59 Å². The van der Waals surface area contributed by atoms with Crippen molar-refractivity contribution in [2.75, 3.05) is 13.1 Å². The van der Waals surface area contributed by atoms with Crippen molar-refractivity contribution in [2.24, 2.45) is 11.3 Å². The van der Waals surface area contributed by atoms with E-state index >= 15 is 0 Å². The zero-order chi connectivity index (χ0) is 16.4. The molecule has 4 nitrogen and oxygen atoms in total. The Morgan fingerprint density at radius 3 is 2.70 bits per heavy atom. The van der Waals surface area contributed by atoms with Crippen LogP contribution in [0.15, 0.2) is 30.3 Å². The summed E-state index contributed by atoms with van der Waals surface area (Å²) in [6.45, 7) is 3.12. The van der Waals surface area contributed by atoms with E-state index in [1.807, 2.05) is 23.1 Å². The highest BCUT2D eigenvalue weighted by molar-refractivity contribution is 5.82. The second-order valence-electron chi connectivity index (χ2n) is 7.04. The predicted molar refractivity (Wildman–Crippen MR) is 88.1 cm³/mol. The van der Waals surface area contributed by atoms with Gasteiger partial charge < -0.3 is 10.0 Å². The number of rotatable bonds is 5. The number of likely N-dealkylation sites (tertiary alicyclic amines) is 1. The number of fused-ring (bicyclic) bond motifs is 1. The summed E-state index contributed by atoms with van der Waals surface area (Å²) in [5.74, 6) is -0.258. The maximum absolute atomic E-state index is 12.7. The molecule has 3 atom stereocenters. The third kappa shape index (κ3) is 2.87. The molecule has 2 fully saturated rings. The maximum Gasteiger partial charge on any atom is 0.311 e. The molecule has 0 aromatic heterocycles. The predicted octanol–water partition coefficient (Wildman–Crippen LogP) is 3.28. The van der Waals surface area contributed by atoms with E-state index in [-0.39, 0.29) is 17.7 Å². The van der Waals surface area contributed by atoms with Gasteiger partial charge in [0.15, 0.2) is 0 Å². The molecular formula is C19H25NO3. The molecule has 4 heteroatoms. The molecule has 1 N–H and O–H groups in total. The zero-order valence-corrected chi connectivity index (χ0v) is 13.7. The highest BCUT2D eigenvalue weighted by Gasteiger charge is 2.55. The molecule has 124 valence electrons. The molecule has 1 aliphatic carbocycles. The largest absolute Gasteiger partial charge is 0.481 e. The van der Waals surface area contributed by atoms with Crippen LogP contribution in [0.5, 0.6) is 0 Å². The first kappa shape index (κ1) is 16.0. The summed E-state index contributed by atoms with van der Waals surface area (Å²) in [6.07, 6.45) is 4.01. The van der Waals surface area contributed by atoms with Crippen molar-refractivity contribution in [3.63, 3.8) is 0 Å². The Balaban J connectivity index is 1.69. The lowest BCUT2D eigenvalue weighted by atomic mass is 9.81. The van der Waals surface area contributed by atoms with Crippen molar-refractivity contribution in [3.05, 3.63) is 35.9 Å². The number of nitrogens with zero attached hydrogens (tertiary/aromatic N) is 1. The summed E-state index contributed by atoms with van der Waals surface area (Å²) >= 11 is 0. The van der Waals surface area contributed by atoms with Crippen molar-refractivity contribution in [1.29, 1.82) is 0 Å². The van der Waals surface area contributed by atoms with Crippen molar-refractivity contribution in [3.8, 4) is 0 Å². The van der Waals surface area contributed by atoms with E-state index in [1.165, 1.54) is 5.56 Å². The average Bonchev–Trinajstić information content (AvgIpc) is 3.11. The minimum atomic E-state index is -0.717. The van der Waals surface area contributed by atoms with Gasteiger partial charge in [-0.2, -0.15) is 0 Å². The van der Waals surface area contributed by atoms with Gasteiger partial charge in [0.05, 0.1) is 5.41 Å². The van der Waals surface area contributed by atoms with Crippen LogP contribution in [0.25, 0.3) is 0 Å². The Morgan fingerprint density at radius 2 is 2.09 bits per heavy atom. The Labute approximate surface area is 137 Å². The first-order valence-electron chi connectivity index (χ1n) is 8.63. The number of amides is 1. The van der Waals surface area contributed by atoms with Gasteiger partial charge >= 0.3 is 5.97 Å². The molecule has 1 aromatic rings. The molecule has 1 saturated heterocycles. The van der Waals surface area contributed by atoms with Crippen LogP contribution in [0.3, 0.4) is 0 Å². The number of carboxylic acid groups (broad SMARTS) is 1. The smallest absolute Gasteiger partial charge is 0.311 e. The van der Waals surface area contributed by atoms with Gasteiger partial charge in [0, 0.05) is 19.5 Å². The molecule has 1 saturated carbocycles. The SMILES string of the molecule is CCC(CC(=O)N1C[C@@H]2CCC[C@@]2(C(=O)O)C1)c1ccccc1. The van der Waals surface area contributed by atoms with E-state index in [0.29, 0.717) is 25.9 Å². The van der Waals surface area contributed by atoms with E-state index < -0.39 is 11.4 Å². The lowest BCUT2D eigenvalue weighted by molar-refractivity contribution is -0.149. The van der Waals surface area contributed by atoms with Crippen LogP contribution in [-0.2, 0) is 9.59 Å². The van der Waals surface area contributed by atoms with Gasteiger partial charge in [-0.1, -0.05) is 43.7 Å². The standard InChI is InChI=1S/C19H25NO3/c1-2-14(15-7-4-3-5-8-15)11-17(21)20-12-16-9-6-10-19(16,13-20)18(22)23/h3-5,7-8,14,16H,2,6,9-13H2,1H3,(H,22,23)/t14?,16-,19+/m0/s1. The van der Waals surface area contributed by atoms with Crippen LogP contribution >= 0.6 is 0 Å². The number of hydrogen-bond acceptors (Lipinski definition) is 2. The molecule has 1 aliphatic heterocycles. The first-order chi connectivity index (χ1) is 11.1. The fourth-order valence-corrected chi connectivity index (χ4v) is 4.39. The van der Waals surface area contributed by atoms with Crippen LogP contribution in [-0.4, -0.2) is 35.0 Å². The van der Waals surface area contributed by atoms with E-state index in [2.05, 4.69) is 19.1 Å². The van der Waals surface area contributed by atoms with Gasteiger partial charge in [0.25, 0.3) is 0 Å². The topological polar surface area (TPSA) is 57.6 Å². The normalized spacial score (nSPS) is 27.7. The van der Waals surface area contributed by atoms with Crippen LogP contribution in [0.4, 0.5) is 0 Å². The zero-order valence-electron chi connectivity index (χ0n) is 13.7. The van der Waals surface area contributed by atoms with Crippen LogP contribution in [0, 0.1) is 11.3 Å². The molecule has 23 heavy (non-hydrogen) atoms. The summed E-state index contributed by atoms with van der Waals surface area (Å²) in [7, 11) is 0. The number of carbonyl (C=O) groups excluding carboxylic acids is 1. The van der Waals surface area contributed by atoms with Gasteiger partial charge in [-0.15, -0.1) is 0 Å². The first-order valence-corrected chi connectivity index (χ1v) is 8.63. The van der Waals surface area contributed by atoms with Crippen molar-refractivity contribution in [2.45, 2.75) is 44.9 Å². The van der Waals surface area contributed by atoms with Crippen molar-refractivity contribution in [1.82, 2.24) is 4.90 Å². The fraction of sp³-hybridized carbons (Fsp3) is 0.579. The fourth-order valence-electron chi connectivity index (χ4n) is 4.39. The van der Waals surface area contributed by atoms with Crippen molar-refractivity contribution < 1.29 is 14.7 Å². The van der Waals surface area contributed by atoms with Crippen molar-refractivity contribution >= 4 is 11.9 Å². The molecule has 0 bridgehead atoms. The van der Waals surface area contributed by atoms with Gasteiger partial charge in [-0.05, 0) is 36.7 Å². The van der Waals surface area contributed by atoms with E-state index in [1.54, 1.807) is 0 Å². The number of hydrogen-bond donors (Lipinski definition) is 1. The van der Waals surface area contributed by atoms with E-state index in [9.17, 15) is 14.7 Å². The Kier molecular flexibility index (Phi) is 4.42. The van der Waals surface area contributed by atoms with Crippen LogP contribution in [0.2, 0.25) is 0 Å². The summed E-state index contributed by atoms with van der Waals surface area (Å²) in [4.78, 5) is 26.3. The molecule has 0 spiro atoms. The number of benzene rings is 1. The Morgan fingerprint density at radius 1 is 1.35 bits per heavy atom. The average molecular weight is 315 g/mol. The van der Waals surface area contributed by atoms with Crippen LogP contribution in [0.1, 0.15) is 50.5 Å². The number of carbonyl (C=O) groups is 2. The molecule has 1 heterocycles. The van der Waals surface area contributed by atoms with Gasteiger partial charge in [0.1, 0.15) is 0 Å². The molecular weight excluding hydrogens is 290 g/mol. The minimum Gasteiger partial charge on any atom is -0.481 e. The summed E-state index contributed by atoms with van der Waals surface area (Å²) in [6, 6.07) is 10.1. The monoisotopic (exact) mass is 315 g/mol. The maximum atomic E-state index is 12.7. The summed E-state index contributed by atoms with van der Waals surface area (Å²) in [5, 5.41) is 9.64. The highest BCUT2D eigenvalue weighted by Crippen LogP contribution is 2.49. The Hall–Kier alpha value is -1.84. The third-order valence-corrected chi connectivity index (χ3v) is 5.83. The summed E-state index contributed by atoms with van der Waals surface area (Å²) < 4.78 is 0. The second-order valence-corrected chi connectivity index (χ2v) is 7.04. The van der Waals surface area contributed by atoms with E-state index in [0.717, 1.165) is 19.3 Å².